The number of ether oxygens (including phenoxy) is 1. The second-order valence-electron chi connectivity index (χ2n) is 5.49. The Morgan fingerprint density at radius 3 is 2.71 bits per heavy atom. The smallest absolute Gasteiger partial charge is 0.121 e. The summed E-state index contributed by atoms with van der Waals surface area (Å²) in [4.78, 5) is 4.73. The van der Waals surface area contributed by atoms with Crippen molar-refractivity contribution in [2.45, 2.75) is 52.0 Å². The zero-order valence-corrected chi connectivity index (χ0v) is 13.3. The van der Waals surface area contributed by atoms with Gasteiger partial charge in [0.05, 0.1) is 18.1 Å². The van der Waals surface area contributed by atoms with Gasteiger partial charge in [-0.2, -0.15) is 0 Å². The molecule has 0 bridgehead atoms. The molecule has 4 nitrogen and oxygen atoms in total. The van der Waals surface area contributed by atoms with Gasteiger partial charge in [-0.05, 0) is 25.1 Å². The molecule has 21 heavy (non-hydrogen) atoms. The van der Waals surface area contributed by atoms with Gasteiger partial charge in [-0.1, -0.05) is 32.6 Å². The van der Waals surface area contributed by atoms with Gasteiger partial charge < -0.3 is 15.0 Å². The summed E-state index contributed by atoms with van der Waals surface area (Å²) in [5.74, 6) is 1.95. The molecule has 0 aliphatic carbocycles. The van der Waals surface area contributed by atoms with E-state index in [4.69, 9.17) is 15.5 Å². The van der Waals surface area contributed by atoms with Crippen LogP contribution in [0.2, 0.25) is 0 Å². The van der Waals surface area contributed by atoms with Crippen LogP contribution >= 0.6 is 0 Å². The molecule has 0 unspecified atom stereocenters. The average Bonchev–Trinajstić information content (AvgIpc) is 2.84. The highest BCUT2D eigenvalue weighted by atomic mass is 16.5. The van der Waals surface area contributed by atoms with Gasteiger partial charge in [0.1, 0.15) is 11.6 Å². The largest absolute Gasteiger partial charge is 0.497 e. The highest BCUT2D eigenvalue weighted by Crippen LogP contribution is 2.22. The van der Waals surface area contributed by atoms with Crippen molar-refractivity contribution >= 4 is 11.0 Å². The molecule has 0 aliphatic heterocycles. The Balaban J connectivity index is 2.16. The molecule has 4 heteroatoms. The van der Waals surface area contributed by atoms with Gasteiger partial charge in [0, 0.05) is 19.0 Å². The molecule has 2 N–H and O–H groups in total. The number of nitrogens with zero attached hydrogens (tertiary/aromatic N) is 2. The predicted octanol–water partition coefficient (Wildman–Crippen LogP) is 3.52. The lowest BCUT2D eigenvalue weighted by atomic mass is 10.1. The minimum absolute atomic E-state index is 0.635. The first-order chi connectivity index (χ1) is 10.3. The molecule has 0 saturated heterocycles. The number of fused-ring (bicyclic) bond motifs is 1. The van der Waals surface area contributed by atoms with Crippen molar-refractivity contribution in [1.29, 1.82) is 0 Å². The molecule has 2 rings (SSSR count). The Morgan fingerprint density at radius 1 is 1.19 bits per heavy atom. The van der Waals surface area contributed by atoms with Gasteiger partial charge in [0.25, 0.3) is 0 Å². The first-order valence-corrected chi connectivity index (χ1v) is 8.03. The summed E-state index contributed by atoms with van der Waals surface area (Å²) in [6.45, 7) is 3.91. The van der Waals surface area contributed by atoms with Gasteiger partial charge in [-0.25, -0.2) is 4.98 Å². The summed E-state index contributed by atoms with van der Waals surface area (Å²) in [5.41, 5.74) is 7.92. The zero-order valence-electron chi connectivity index (χ0n) is 13.3. The van der Waals surface area contributed by atoms with Crippen LogP contribution < -0.4 is 10.5 Å². The summed E-state index contributed by atoms with van der Waals surface area (Å²) < 4.78 is 7.61. The van der Waals surface area contributed by atoms with Gasteiger partial charge in [-0.3, -0.25) is 0 Å². The van der Waals surface area contributed by atoms with Crippen LogP contribution in [-0.2, 0) is 13.0 Å². The maximum absolute atomic E-state index is 5.72. The highest BCUT2D eigenvalue weighted by molar-refractivity contribution is 5.77. The van der Waals surface area contributed by atoms with Crippen LogP contribution in [0.4, 0.5) is 0 Å². The molecule has 0 amide bonds. The molecule has 0 atom stereocenters. The quantitative estimate of drug-likeness (QED) is 0.719. The van der Waals surface area contributed by atoms with Crippen molar-refractivity contribution in [3.63, 3.8) is 0 Å². The summed E-state index contributed by atoms with van der Waals surface area (Å²) in [6, 6.07) is 6.11. The van der Waals surface area contributed by atoms with Crippen molar-refractivity contribution in [2.24, 2.45) is 5.73 Å². The second-order valence-corrected chi connectivity index (χ2v) is 5.49. The van der Waals surface area contributed by atoms with E-state index in [1.807, 2.05) is 12.1 Å². The number of benzene rings is 1. The van der Waals surface area contributed by atoms with E-state index in [1.165, 1.54) is 37.6 Å². The zero-order chi connectivity index (χ0) is 15.1. The molecule has 1 aromatic heterocycles. The summed E-state index contributed by atoms with van der Waals surface area (Å²) in [5, 5.41) is 0. The highest BCUT2D eigenvalue weighted by Gasteiger charge is 2.10. The number of unbranched alkanes of at least 4 members (excludes halogenated alkanes) is 4. The van der Waals surface area contributed by atoms with E-state index < -0.39 is 0 Å². The number of aryl methyl sites for hydroxylation is 1. The molecule has 0 radical (unpaired) electrons. The van der Waals surface area contributed by atoms with Crippen LogP contribution in [0.5, 0.6) is 5.75 Å². The van der Waals surface area contributed by atoms with Crippen LogP contribution in [0.3, 0.4) is 0 Å². The minimum atomic E-state index is 0.635. The average molecular weight is 289 g/mol. The maximum Gasteiger partial charge on any atom is 0.121 e. The Hall–Kier alpha value is -1.55. The van der Waals surface area contributed by atoms with Crippen LogP contribution in [0.25, 0.3) is 11.0 Å². The van der Waals surface area contributed by atoms with Crippen LogP contribution in [0.15, 0.2) is 18.2 Å². The summed E-state index contributed by atoms with van der Waals surface area (Å²) >= 11 is 0. The SMILES string of the molecule is CCCCCCCn1c(CCN)nc2cc(OC)ccc21. The van der Waals surface area contributed by atoms with E-state index in [0.29, 0.717) is 6.54 Å². The molecular formula is C17H27N3O. The fraction of sp³-hybridized carbons (Fsp3) is 0.588. The fourth-order valence-corrected chi connectivity index (χ4v) is 2.73. The van der Waals surface area contributed by atoms with Gasteiger partial charge in [0.15, 0.2) is 0 Å². The molecule has 2 aromatic rings. The van der Waals surface area contributed by atoms with Crippen molar-refractivity contribution in [3.8, 4) is 5.75 Å². The number of aromatic nitrogens is 2. The lowest BCUT2D eigenvalue weighted by Gasteiger charge is -2.09. The molecule has 0 fully saturated rings. The summed E-state index contributed by atoms with van der Waals surface area (Å²) in [7, 11) is 1.69. The van der Waals surface area contributed by atoms with Crippen molar-refractivity contribution in [3.05, 3.63) is 24.0 Å². The van der Waals surface area contributed by atoms with E-state index in [9.17, 15) is 0 Å². The monoisotopic (exact) mass is 289 g/mol. The Bertz CT molecular complexity index is 562. The van der Waals surface area contributed by atoms with Gasteiger partial charge in [0.2, 0.25) is 0 Å². The number of hydrogen-bond donors (Lipinski definition) is 1. The summed E-state index contributed by atoms with van der Waals surface area (Å²) in [6.07, 6.45) is 7.25. The number of imidazole rings is 1. The number of methoxy groups -OCH3 is 1. The van der Waals surface area contributed by atoms with Crippen molar-refractivity contribution in [2.75, 3.05) is 13.7 Å². The first-order valence-electron chi connectivity index (χ1n) is 8.03. The van der Waals surface area contributed by atoms with Gasteiger partial charge in [-0.15, -0.1) is 0 Å². The normalized spacial score (nSPS) is 11.2. The van der Waals surface area contributed by atoms with Crippen LogP contribution in [-0.4, -0.2) is 23.2 Å². The van der Waals surface area contributed by atoms with Gasteiger partial charge >= 0.3 is 0 Å². The molecular weight excluding hydrogens is 262 g/mol. The molecule has 0 aliphatic rings. The fourth-order valence-electron chi connectivity index (χ4n) is 2.73. The Labute approximate surface area is 127 Å². The Morgan fingerprint density at radius 2 is 2.00 bits per heavy atom. The molecule has 0 saturated carbocycles. The third kappa shape index (κ3) is 3.97. The van der Waals surface area contributed by atoms with Crippen molar-refractivity contribution in [1.82, 2.24) is 9.55 Å². The standard InChI is InChI=1S/C17H27N3O/c1-3-4-5-6-7-12-20-16-9-8-14(21-2)13-15(16)19-17(20)10-11-18/h8-9,13H,3-7,10-12,18H2,1-2H3. The molecule has 0 spiro atoms. The molecule has 116 valence electrons. The third-order valence-corrected chi connectivity index (χ3v) is 3.89. The number of rotatable bonds is 9. The number of nitrogens with two attached hydrogens (primary N) is 1. The predicted molar refractivity (Wildman–Crippen MR) is 87.8 cm³/mol. The first kappa shape index (κ1) is 15.8. The topological polar surface area (TPSA) is 53.1 Å². The van der Waals surface area contributed by atoms with Crippen molar-refractivity contribution < 1.29 is 4.74 Å². The van der Waals surface area contributed by atoms with Crippen LogP contribution in [0, 0.1) is 0 Å². The maximum atomic E-state index is 5.72. The van der Waals surface area contributed by atoms with Crippen LogP contribution in [0.1, 0.15) is 44.9 Å². The lowest BCUT2D eigenvalue weighted by Crippen LogP contribution is -2.10. The number of hydrogen-bond acceptors (Lipinski definition) is 3. The Kier molecular flexibility index (Phi) is 6.05. The van der Waals surface area contributed by atoms with E-state index in [2.05, 4.69) is 17.6 Å². The lowest BCUT2D eigenvalue weighted by molar-refractivity contribution is 0.415. The van der Waals surface area contributed by atoms with E-state index in [0.717, 1.165) is 30.1 Å². The van der Waals surface area contributed by atoms with E-state index >= 15 is 0 Å². The van der Waals surface area contributed by atoms with E-state index in [-0.39, 0.29) is 0 Å². The molecule has 1 aromatic carbocycles. The third-order valence-electron chi connectivity index (χ3n) is 3.89. The minimum Gasteiger partial charge on any atom is -0.497 e. The van der Waals surface area contributed by atoms with E-state index in [1.54, 1.807) is 7.11 Å². The molecule has 1 heterocycles. The second kappa shape index (κ2) is 8.03.